The Hall–Kier alpha value is -2.69. The average Bonchev–Trinajstić information content (AvgIpc) is 3.02. The van der Waals surface area contributed by atoms with Crippen LogP contribution in [0.3, 0.4) is 0 Å². The van der Waals surface area contributed by atoms with E-state index in [0.29, 0.717) is 6.04 Å². The van der Waals surface area contributed by atoms with Gasteiger partial charge in [-0.2, -0.15) is 5.10 Å². The molecule has 0 aliphatic carbocycles. The van der Waals surface area contributed by atoms with Crippen LogP contribution in [0.15, 0.2) is 35.4 Å². The zero-order chi connectivity index (χ0) is 18.3. The van der Waals surface area contributed by atoms with E-state index in [1.54, 1.807) is 0 Å². The number of rotatable bonds is 3. The number of nitrogen functional groups attached to an aromatic ring is 1. The van der Waals surface area contributed by atoms with Gasteiger partial charge in [0.2, 0.25) is 6.79 Å². The lowest BCUT2D eigenvalue weighted by Crippen LogP contribution is -2.30. The fourth-order valence-electron chi connectivity index (χ4n) is 3.61. The van der Waals surface area contributed by atoms with Crippen molar-refractivity contribution in [2.45, 2.75) is 39.7 Å². The molecular formula is C21H25N3O2. The van der Waals surface area contributed by atoms with E-state index in [0.717, 1.165) is 59.0 Å². The molecule has 5 heteroatoms. The topological polar surface area (TPSA) is 60.1 Å². The molecule has 0 aromatic heterocycles. The van der Waals surface area contributed by atoms with Crippen LogP contribution < -0.4 is 15.2 Å². The van der Waals surface area contributed by atoms with Crippen molar-refractivity contribution < 1.29 is 9.47 Å². The Morgan fingerprint density at radius 3 is 2.69 bits per heavy atom. The summed E-state index contributed by atoms with van der Waals surface area (Å²) in [7, 11) is 0. The van der Waals surface area contributed by atoms with Crippen molar-refractivity contribution in [3.05, 3.63) is 52.6 Å². The molecule has 4 rings (SSSR count). The van der Waals surface area contributed by atoms with Crippen molar-refractivity contribution in [3.63, 3.8) is 0 Å². The Labute approximate surface area is 154 Å². The summed E-state index contributed by atoms with van der Waals surface area (Å²) in [6, 6.07) is 10.6. The third kappa shape index (κ3) is 2.87. The maximum Gasteiger partial charge on any atom is 0.231 e. The molecule has 0 saturated heterocycles. The number of nitrogens with zero attached hydrogens (tertiary/aromatic N) is 2. The molecule has 1 atom stereocenters. The molecule has 2 aliphatic rings. The van der Waals surface area contributed by atoms with Gasteiger partial charge in [0.25, 0.3) is 0 Å². The quantitative estimate of drug-likeness (QED) is 0.856. The first kappa shape index (κ1) is 16.8. The van der Waals surface area contributed by atoms with Crippen LogP contribution in [-0.2, 0) is 6.42 Å². The molecule has 2 aliphatic heterocycles. The summed E-state index contributed by atoms with van der Waals surface area (Å²) in [4.78, 5) is 0. The van der Waals surface area contributed by atoms with Crippen molar-refractivity contribution in [3.8, 4) is 11.5 Å². The monoisotopic (exact) mass is 351 g/mol. The SMILES string of the molecule is CCCN1N=C(c2ccc(N)c(C)c2)c2cc3c(cc2C[C@@H]1C)OCO3. The minimum Gasteiger partial charge on any atom is -0.454 e. The van der Waals surface area contributed by atoms with Gasteiger partial charge in [-0.25, -0.2) is 0 Å². The molecule has 0 amide bonds. The number of anilines is 1. The van der Waals surface area contributed by atoms with Gasteiger partial charge < -0.3 is 15.2 Å². The summed E-state index contributed by atoms with van der Waals surface area (Å²) in [5, 5.41) is 7.27. The van der Waals surface area contributed by atoms with Gasteiger partial charge in [0.05, 0.1) is 5.71 Å². The molecule has 136 valence electrons. The standard InChI is InChI=1S/C21H25N3O2/c1-4-7-24-14(3)9-16-10-19-20(26-12-25-19)11-17(16)21(23-24)15-5-6-18(22)13(2)8-15/h5-6,8,10-11,14H,4,7,9,12,22H2,1-3H3/t14-/m0/s1. The number of fused-ring (bicyclic) bond motifs is 2. The Bertz CT molecular complexity index is 876. The fraction of sp³-hybridized carbons (Fsp3) is 0.381. The summed E-state index contributed by atoms with van der Waals surface area (Å²) in [6.45, 7) is 7.65. The zero-order valence-corrected chi connectivity index (χ0v) is 15.6. The smallest absolute Gasteiger partial charge is 0.231 e. The highest BCUT2D eigenvalue weighted by molar-refractivity contribution is 6.14. The largest absolute Gasteiger partial charge is 0.454 e. The van der Waals surface area contributed by atoms with E-state index < -0.39 is 0 Å². The van der Waals surface area contributed by atoms with Crippen molar-refractivity contribution in [1.82, 2.24) is 5.01 Å². The lowest BCUT2D eigenvalue weighted by atomic mass is 9.93. The van der Waals surface area contributed by atoms with Crippen molar-refractivity contribution in [2.24, 2.45) is 5.10 Å². The van der Waals surface area contributed by atoms with Gasteiger partial charge in [0, 0.05) is 29.4 Å². The molecule has 0 bridgehead atoms. The van der Waals surface area contributed by atoms with Crippen molar-refractivity contribution in [2.75, 3.05) is 19.1 Å². The fourth-order valence-corrected chi connectivity index (χ4v) is 3.61. The average molecular weight is 351 g/mol. The van der Waals surface area contributed by atoms with Crippen LogP contribution in [0.4, 0.5) is 5.69 Å². The predicted octanol–water partition coefficient (Wildman–Crippen LogP) is 3.71. The molecule has 2 aromatic rings. The first-order valence-electron chi connectivity index (χ1n) is 9.21. The second-order valence-electron chi connectivity index (χ2n) is 7.10. The minimum atomic E-state index is 0.281. The molecule has 0 spiro atoms. The second-order valence-corrected chi connectivity index (χ2v) is 7.10. The van der Waals surface area contributed by atoms with E-state index in [2.05, 4.69) is 43.1 Å². The van der Waals surface area contributed by atoms with Crippen LogP contribution in [0.25, 0.3) is 0 Å². The Kier molecular flexibility index (Phi) is 4.23. The predicted molar refractivity (Wildman–Crippen MR) is 104 cm³/mol. The molecule has 0 radical (unpaired) electrons. The van der Waals surface area contributed by atoms with Crippen LogP contribution in [0.2, 0.25) is 0 Å². The highest BCUT2D eigenvalue weighted by Crippen LogP contribution is 2.37. The van der Waals surface area contributed by atoms with Crippen LogP contribution in [0.5, 0.6) is 11.5 Å². The minimum absolute atomic E-state index is 0.281. The highest BCUT2D eigenvalue weighted by atomic mass is 16.7. The first-order valence-corrected chi connectivity index (χ1v) is 9.21. The lowest BCUT2D eigenvalue weighted by molar-refractivity contribution is 0.174. The molecule has 0 fully saturated rings. The number of hydrogen-bond acceptors (Lipinski definition) is 5. The first-order chi connectivity index (χ1) is 12.6. The van der Waals surface area contributed by atoms with Crippen LogP contribution in [-0.4, -0.2) is 30.1 Å². The van der Waals surface area contributed by atoms with Gasteiger partial charge in [-0.05, 0) is 62.1 Å². The molecule has 2 heterocycles. The molecule has 0 unspecified atom stereocenters. The summed E-state index contributed by atoms with van der Waals surface area (Å²) < 4.78 is 11.2. The van der Waals surface area contributed by atoms with E-state index in [4.69, 9.17) is 20.3 Å². The van der Waals surface area contributed by atoms with Gasteiger partial charge in [0.1, 0.15) is 0 Å². The van der Waals surface area contributed by atoms with Crippen molar-refractivity contribution >= 4 is 11.4 Å². The molecule has 26 heavy (non-hydrogen) atoms. The van der Waals surface area contributed by atoms with E-state index >= 15 is 0 Å². The van der Waals surface area contributed by atoms with Crippen LogP contribution >= 0.6 is 0 Å². The molecule has 2 N–H and O–H groups in total. The number of ether oxygens (including phenoxy) is 2. The van der Waals surface area contributed by atoms with Gasteiger partial charge in [-0.15, -0.1) is 0 Å². The highest BCUT2D eigenvalue weighted by Gasteiger charge is 2.26. The number of aryl methyl sites for hydroxylation is 1. The normalized spacial score (nSPS) is 18.3. The number of hydrazone groups is 1. The molecular weight excluding hydrogens is 326 g/mol. The van der Waals surface area contributed by atoms with E-state index in [9.17, 15) is 0 Å². The van der Waals surface area contributed by atoms with E-state index in [-0.39, 0.29) is 6.79 Å². The third-order valence-electron chi connectivity index (χ3n) is 5.10. The lowest BCUT2D eigenvalue weighted by Gasteiger charge is -2.24. The van der Waals surface area contributed by atoms with E-state index in [1.165, 1.54) is 5.56 Å². The Balaban J connectivity index is 1.89. The summed E-state index contributed by atoms with van der Waals surface area (Å²) in [5.41, 5.74) is 12.3. The number of hydrogen-bond donors (Lipinski definition) is 1. The number of nitrogens with two attached hydrogens (primary N) is 1. The third-order valence-corrected chi connectivity index (χ3v) is 5.10. The van der Waals surface area contributed by atoms with Crippen LogP contribution in [0.1, 0.15) is 42.5 Å². The van der Waals surface area contributed by atoms with Crippen LogP contribution in [0, 0.1) is 6.92 Å². The summed E-state index contributed by atoms with van der Waals surface area (Å²) >= 11 is 0. The Morgan fingerprint density at radius 1 is 1.19 bits per heavy atom. The van der Waals surface area contributed by atoms with Gasteiger partial charge in [-0.3, -0.25) is 5.01 Å². The molecule has 0 saturated carbocycles. The molecule has 5 nitrogen and oxygen atoms in total. The number of benzene rings is 2. The second kappa shape index (κ2) is 6.56. The van der Waals surface area contributed by atoms with Gasteiger partial charge in [-0.1, -0.05) is 13.0 Å². The maximum atomic E-state index is 6.03. The molecule has 2 aromatic carbocycles. The van der Waals surface area contributed by atoms with E-state index in [1.807, 2.05) is 13.0 Å². The van der Waals surface area contributed by atoms with Crippen molar-refractivity contribution in [1.29, 1.82) is 0 Å². The summed E-state index contributed by atoms with van der Waals surface area (Å²) in [5.74, 6) is 1.62. The van der Waals surface area contributed by atoms with Gasteiger partial charge in [0.15, 0.2) is 11.5 Å². The zero-order valence-electron chi connectivity index (χ0n) is 15.6. The maximum absolute atomic E-state index is 6.03. The Morgan fingerprint density at radius 2 is 1.96 bits per heavy atom. The summed E-state index contributed by atoms with van der Waals surface area (Å²) in [6.07, 6.45) is 1.98. The van der Waals surface area contributed by atoms with Gasteiger partial charge >= 0.3 is 0 Å².